The Balaban J connectivity index is 0.000000159. The third kappa shape index (κ3) is 8.60. The zero-order chi connectivity index (χ0) is 35.0. The molecule has 14 nitrogen and oxygen atoms in total. The minimum Gasteiger partial charge on any atom is -0.363 e. The fourth-order valence-corrected chi connectivity index (χ4v) is 5.74. The number of anilines is 7. The summed E-state index contributed by atoms with van der Waals surface area (Å²) in [7, 11) is 0. The molecule has 254 valence electrons. The highest BCUT2D eigenvalue weighted by Crippen LogP contribution is 2.29. The van der Waals surface area contributed by atoms with Crippen LogP contribution in [-0.4, -0.2) is 46.0 Å². The van der Waals surface area contributed by atoms with Gasteiger partial charge in [-0.15, -0.1) is 0 Å². The number of halogens is 2. The number of carbonyl (C=O) groups excluding carboxylic acids is 1. The summed E-state index contributed by atoms with van der Waals surface area (Å²) in [6.07, 6.45) is 9.12. The fourth-order valence-electron chi connectivity index (χ4n) is 5.08. The number of aromatic nitrogens is 8. The topological polar surface area (TPSA) is 183 Å². The average Bonchev–Trinajstić information content (AvgIpc) is 3.79. The molecule has 16 heteroatoms. The molecule has 0 unspecified atom stereocenters. The van der Waals surface area contributed by atoms with Crippen molar-refractivity contribution >= 4 is 89.3 Å². The number of nitrogens with one attached hydrogen (secondary N) is 6. The van der Waals surface area contributed by atoms with E-state index in [-0.39, 0.29) is 5.91 Å². The van der Waals surface area contributed by atoms with E-state index < -0.39 is 0 Å². The van der Waals surface area contributed by atoms with Gasteiger partial charge in [-0.3, -0.25) is 19.9 Å². The van der Waals surface area contributed by atoms with Crippen LogP contribution in [0.2, 0.25) is 0 Å². The summed E-state index contributed by atoms with van der Waals surface area (Å²) in [4.78, 5) is 37.7. The number of nitrogens with zero attached hydrogens (tertiary/aromatic N) is 7. The summed E-state index contributed by atoms with van der Waals surface area (Å²) < 4.78 is 1.55. The second kappa shape index (κ2) is 15.7. The van der Waals surface area contributed by atoms with E-state index in [1.54, 1.807) is 31.0 Å². The largest absolute Gasteiger partial charge is 0.363 e. The van der Waals surface area contributed by atoms with Gasteiger partial charge in [-0.1, -0.05) is 24.3 Å². The molecule has 1 aliphatic rings. The number of aromatic amines is 1. The summed E-state index contributed by atoms with van der Waals surface area (Å²) in [6, 6.07) is 23.2. The molecule has 1 aliphatic heterocycles. The Morgan fingerprint density at radius 3 is 2.02 bits per heavy atom. The number of fused-ring (bicyclic) bond motifs is 2. The maximum Gasteiger partial charge on any atom is 0.229 e. The third-order valence-corrected chi connectivity index (χ3v) is 8.70. The van der Waals surface area contributed by atoms with Gasteiger partial charge in [-0.05, 0) is 86.0 Å². The highest BCUT2D eigenvalue weighted by atomic mass is 79.9. The molecule has 2 aromatic carbocycles. The molecule has 1 amide bonds. The Kier molecular flexibility index (Phi) is 10.3. The lowest BCUT2D eigenvalue weighted by atomic mass is 10.1. The molecule has 0 atom stereocenters. The van der Waals surface area contributed by atoms with Crippen molar-refractivity contribution in [3.63, 3.8) is 0 Å². The predicted molar refractivity (Wildman–Crippen MR) is 204 cm³/mol. The summed E-state index contributed by atoms with van der Waals surface area (Å²) in [5.74, 6) is 2.34. The summed E-state index contributed by atoms with van der Waals surface area (Å²) in [5, 5.41) is 23.8. The fraction of sp³-hybridized carbons (Fsp3) is 0.0857. The van der Waals surface area contributed by atoms with E-state index in [1.807, 2.05) is 72.8 Å². The van der Waals surface area contributed by atoms with Crippen molar-refractivity contribution in [2.45, 2.75) is 19.5 Å². The first kappa shape index (κ1) is 33.5. The number of rotatable bonds is 10. The zero-order valence-corrected chi connectivity index (χ0v) is 29.9. The normalized spacial score (nSPS) is 11.6. The van der Waals surface area contributed by atoms with Crippen LogP contribution in [0.1, 0.15) is 17.0 Å². The minimum absolute atomic E-state index is 0.0121. The molecule has 0 fully saturated rings. The van der Waals surface area contributed by atoms with Gasteiger partial charge in [0.05, 0.1) is 57.2 Å². The molecule has 5 aromatic heterocycles. The van der Waals surface area contributed by atoms with Gasteiger partial charge in [0.15, 0.2) is 0 Å². The second-order valence-corrected chi connectivity index (χ2v) is 12.8. The average molecular weight is 808 g/mol. The third-order valence-electron chi connectivity index (χ3n) is 7.54. The lowest BCUT2D eigenvalue weighted by Gasteiger charge is -2.11. The maximum absolute atomic E-state index is 11.5. The van der Waals surface area contributed by atoms with Crippen LogP contribution in [0.15, 0.2) is 113 Å². The highest BCUT2D eigenvalue weighted by molar-refractivity contribution is 9.11. The van der Waals surface area contributed by atoms with Crippen LogP contribution in [0.25, 0.3) is 10.9 Å². The Labute approximate surface area is 308 Å². The van der Waals surface area contributed by atoms with Crippen LogP contribution < -0.4 is 26.6 Å². The van der Waals surface area contributed by atoms with Crippen LogP contribution in [0, 0.1) is 0 Å². The van der Waals surface area contributed by atoms with Crippen LogP contribution in [0.5, 0.6) is 0 Å². The van der Waals surface area contributed by atoms with Crippen LogP contribution in [0.3, 0.4) is 0 Å². The molecule has 0 bridgehead atoms. The van der Waals surface area contributed by atoms with Gasteiger partial charge in [0, 0.05) is 41.5 Å². The first-order valence-electron chi connectivity index (χ1n) is 15.7. The van der Waals surface area contributed by atoms with E-state index in [0.29, 0.717) is 43.0 Å². The molecule has 6 heterocycles. The molecular formula is C35H29Br2N13O. The van der Waals surface area contributed by atoms with E-state index in [0.717, 1.165) is 53.9 Å². The van der Waals surface area contributed by atoms with E-state index in [4.69, 9.17) is 0 Å². The van der Waals surface area contributed by atoms with Crippen molar-refractivity contribution in [3.8, 4) is 0 Å². The van der Waals surface area contributed by atoms with Gasteiger partial charge in [0.2, 0.25) is 17.8 Å². The standard InChI is InChI=1S/C18H15BrN6O.C17H14BrN7/c19-14-10-22-18(25-17(14)21-9-13-3-1-2-6-20-13)23-12-5-4-11-7-16(26)24-15(11)8-12;18-13-10-21-17(23-14-5-3-6-15-12(14)9-22-25-15)24-16(13)20-8-11-4-1-2-7-19-11/h1-6,8,10H,7,9H2,(H,24,26)(H2,21,22,23,25);1-7,9-10H,8H2,(H,22,25)(H2,20,21,23,24). The molecule has 0 saturated heterocycles. The first-order valence-corrected chi connectivity index (χ1v) is 17.3. The maximum atomic E-state index is 11.5. The van der Waals surface area contributed by atoms with Crippen molar-refractivity contribution in [2.24, 2.45) is 0 Å². The van der Waals surface area contributed by atoms with Crippen molar-refractivity contribution in [2.75, 3.05) is 26.6 Å². The van der Waals surface area contributed by atoms with Gasteiger partial charge in [0.25, 0.3) is 0 Å². The molecule has 0 aliphatic carbocycles. The Morgan fingerprint density at radius 2 is 1.37 bits per heavy atom. The number of hydrogen-bond acceptors (Lipinski definition) is 12. The van der Waals surface area contributed by atoms with Crippen molar-refractivity contribution in [1.29, 1.82) is 0 Å². The molecular weight excluding hydrogens is 778 g/mol. The van der Waals surface area contributed by atoms with Gasteiger partial charge >= 0.3 is 0 Å². The molecule has 6 N–H and O–H groups in total. The second-order valence-electron chi connectivity index (χ2n) is 11.1. The lowest BCUT2D eigenvalue weighted by Crippen LogP contribution is -2.06. The first-order chi connectivity index (χ1) is 25.0. The Bertz CT molecular complexity index is 2290. The van der Waals surface area contributed by atoms with Gasteiger partial charge in [-0.25, -0.2) is 9.97 Å². The van der Waals surface area contributed by atoms with Crippen molar-refractivity contribution in [3.05, 3.63) is 130 Å². The lowest BCUT2D eigenvalue weighted by molar-refractivity contribution is -0.115. The number of pyridine rings is 2. The Morgan fingerprint density at radius 1 is 0.706 bits per heavy atom. The van der Waals surface area contributed by atoms with Crippen LogP contribution in [0.4, 0.5) is 40.6 Å². The predicted octanol–water partition coefficient (Wildman–Crippen LogP) is 7.35. The monoisotopic (exact) mass is 805 g/mol. The zero-order valence-electron chi connectivity index (χ0n) is 26.7. The number of hydrogen-bond donors (Lipinski definition) is 6. The smallest absolute Gasteiger partial charge is 0.229 e. The van der Waals surface area contributed by atoms with Crippen LogP contribution in [-0.2, 0) is 24.3 Å². The van der Waals surface area contributed by atoms with Crippen molar-refractivity contribution in [1.82, 2.24) is 40.1 Å². The summed E-state index contributed by atoms with van der Waals surface area (Å²) in [5.41, 5.74) is 6.33. The number of H-pyrrole nitrogens is 1. The van der Waals surface area contributed by atoms with Gasteiger partial charge < -0.3 is 26.6 Å². The molecule has 0 radical (unpaired) electrons. The molecule has 8 rings (SSSR count). The summed E-state index contributed by atoms with van der Waals surface area (Å²) in [6.45, 7) is 1.13. The quantitative estimate of drug-likeness (QED) is 0.0810. The summed E-state index contributed by atoms with van der Waals surface area (Å²) >= 11 is 6.93. The van der Waals surface area contributed by atoms with E-state index >= 15 is 0 Å². The molecule has 7 aromatic rings. The number of amides is 1. The number of carbonyl (C=O) groups is 1. The van der Waals surface area contributed by atoms with Crippen LogP contribution >= 0.6 is 31.9 Å². The van der Waals surface area contributed by atoms with Gasteiger partial charge in [-0.2, -0.15) is 15.1 Å². The molecule has 51 heavy (non-hydrogen) atoms. The van der Waals surface area contributed by atoms with E-state index in [9.17, 15) is 4.79 Å². The number of benzene rings is 2. The minimum atomic E-state index is 0.0121. The molecule has 0 spiro atoms. The van der Waals surface area contributed by atoms with Crippen molar-refractivity contribution < 1.29 is 4.79 Å². The SMILES string of the molecule is Brc1cnc(Nc2cccc3[nH]ncc23)nc1NCc1ccccn1.O=C1Cc2ccc(Nc3ncc(Br)c(NCc4ccccn4)n3)cc2N1. The molecule has 0 saturated carbocycles. The van der Waals surface area contributed by atoms with E-state index in [2.05, 4.69) is 98.5 Å². The van der Waals surface area contributed by atoms with Gasteiger partial charge in [0.1, 0.15) is 11.6 Å². The Hall–Kier alpha value is -6.00. The highest BCUT2D eigenvalue weighted by Gasteiger charge is 2.18. The van der Waals surface area contributed by atoms with E-state index in [1.165, 1.54) is 0 Å².